The van der Waals surface area contributed by atoms with Gasteiger partial charge < -0.3 is 76.2 Å². The van der Waals surface area contributed by atoms with E-state index in [-0.39, 0.29) is 44.5 Å². The van der Waals surface area contributed by atoms with Crippen molar-refractivity contribution < 1.29 is 124 Å². The molecule has 8 aromatic carbocycles. The summed E-state index contributed by atoms with van der Waals surface area (Å²) in [5.41, 5.74) is -0.105. The Labute approximate surface area is 594 Å². The van der Waals surface area contributed by atoms with E-state index in [1.807, 2.05) is 0 Å². The van der Waals surface area contributed by atoms with Crippen molar-refractivity contribution in [2.75, 3.05) is 19.8 Å². The van der Waals surface area contributed by atoms with E-state index in [9.17, 15) is 53.1 Å². The zero-order valence-electron chi connectivity index (χ0n) is 55.5. The highest BCUT2D eigenvalue weighted by atomic mass is 16.8. The van der Waals surface area contributed by atoms with Crippen LogP contribution in [0.1, 0.15) is 96.7 Å². The average molecular weight is 1420 g/mol. The largest absolute Gasteiger partial charge is 0.459 e. The molecule has 0 saturated carbocycles. The lowest BCUT2D eigenvalue weighted by atomic mass is 9.95. The SMILES string of the molecule is CC(=O)O[C@@H]1[C@H](O[C@@H]2O[C@H](COC(=O)c3ccccc3)C(OC(=O)c3ccccc3)[C@H](OC(=O)c3ccccc3)[C@@H]2OC(=O)c2ccccc2)[C@H](OC(C)=O)[C@H](O)O[C@@H]1CO[C@H]1O[C@@H](COC(=O)c2ccccc2)[C@H](OC(=O)c2ccccc2)[C@H](OC(=O)c2ccccc2)[C@H]1OC(=O)c1ccccc1. The van der Waals surface area contributed by atoms with Crippen LogP contribution in [-0.4, -0.2) is 177 Å². The lowest BCUT2D eigenvalue weighted by molar-refractivity contribution is -0.361. The van der Waals surface area contributed by atoms with Crippen molar-refractivity contribution in [1.82, 2.24) is 0 Å². The van der Waals surface area contributed by atoms with Crippen LogP contribution in [0.15, 0.2) is 243 Å². The summed E-state index contributed by atoms with van der Waals surface area (Å²) >= 11 is 0. The zero-order chi connectivity index (χ0) is 73.1. The third kappa shape index (κ3) is 18.8. The van der Waals surface area contributed by atoms with Gasteiger partial charge in [-0.1, -0.05) is 146 Å². The molecule has 0 aromatic heterocycles. The van der Waals surface area contributed by atoms with Crippen LogP contribution in [0.2, 0.25) is 0 Å². The first-order chi connectivity index (χ1) is 50.5. The number of rotatable bonds is 25. The molecule has 26 heteroatoms. The van der Waals surface area contributed by atoms with Gasteiger partial charge in [0.05, 0.1) is 51.1 Å². The van der Waals surface area contributed by atoms with Gasteiger partial charge in [0.15, 0.2) is 67.7 Å². The first-order valence-electron chi connectivity index (χ1n) is 32.7. The van der Waals surface area contributed by atoms with Gasteiger partial charge >= 0.3 is 59.7 Å². The Morgan fingerprint density at radius 3 is 0.817 bits per heavy atom. The molecule has 8 aromatic rings. The summed E-state index contributed by atoms with van der Waals surface area (Å²) in [6.45, 7) is -0.673. The number of benzene rings is 8. The van der Waals surface area contributed by atoms with E-state index < -0.39 is 172 Å². The van der Waals surface area contributed by atoms with E-state index in [1.54, 1.807) is 109 Å². The van der Waals surface area contributed by atoms with Gasteiger partial charge in [-0.05, 0) is 97.1 Å². The Morgan fingerprint density at radius 1 is 0.269 bits per heavy atom. The fourth-order valence-corrected chi connectivity index (χ4v) is 11.5. The third-order valence-corrected chi connectivity index (χ3v) is 16.4. The second-order valence-electron chi connectivity index (χ2n) is 23.6. The summed E-state index contributed by atoms with van der Waals surface area (Å²) in [4.78, 5) is 142. The maximum atomic E-state index is 14.7. The van der Waals surface area contributed by atoms with Crippen LogP contribution >= 0.6 is 0 Å². The first kappa shape index (κ1) is 73.4. The minimum atomic E-state index is -2.32. The van der Waals surface area contributed by atoms with Crippen LogP contribution in [0, 0.1) is 0 Å². The van der Waals surface area contributed by atoms with Gasteiger partial charge in [0, 0.05) is 13.8 Å². The van der Waals surface area contributed by atoms with Gasteiger partial charge in [-0.15, -0.1) is 0 Å². The summed E-state index contributed by atoms with van der Waals surface area (Å²) in [7, 11) is 0. The Kier molecular flexibility index (Phi) is 24.9. The van der Waals surface area contributed by atoms with E-state index in [0.717, 1.165) is 13.8 Å². The van der Waals surface area contributed by atoms with Gasteiger partial charge in [-0.3, -0.25) is 9.59 Å². The maximum Gasteiger partial charge on any atom is 0.338 e. The predicted molar refractivity (Wildman–Crippen MR) is 357 cm³/mol. The van der Waals surface area contributed by atoms with Crippen LogP contribution in [0.4, 0.5) is 0 Å². The minimum Gasteiger partial charge on any atom is -0.459 e. The number of hydrogen-bond acceptors (Lipinski definition) is 26. The molecule has 0 spiro atoms. The molecule has 26 nitrogen and oxygen atoms in total. The first-order valence-corrected chi connectivity index (χ1v) is 32.7. The Balaban J connectivity index is 1.01. The van der Waals surface area contributed by atoms with E-state index in [1.165, 1.54) is 133 Å². The van der Waals surface area contributed by atoms with E-state index in [0.29, 0.717) is 0 Å². The van der Waals surface area contributed by atoms with Crippen molar-refractivity contribution in [2.24, 2.45) is 0 Å². The summed E-state index contributed by atoms with van der Waals surface area (Å²) in [6.07, 6.45) is -30.0. The molecule has 3 aliphatic heterocycles. The van der Waals surface area contributed by atoms with Gasteiger partial charge in [0.1, 0.15) is 37.6 Å². The molecule has 3 saturated heterocycles. The number of carbonyl (C=O) groups is 10. The molecule has 104 heavy (non-hydrogen) atoms. The van der Waals surface area contributed by atoms with Crippen LogP contribution < -0.4 is 0 Å². The average Bonchev–Trinajstić information content (AvgIpc) is 0.770. The molecule has 3 aliphatic rings. The van der Waals surface area contributed by atoms with Gasteiger partial charge in [-0.2, -0.15) is 0 Å². The molecule has 536 valence electrons. The molecule has 1 N–H and O–H groups in total. The molecule has 15 atom stereocenters. The summed E-state index contributed by atoms with van der Waals surface area (Å²) in [6, 6.07) is 60.5. The Morgan fingerprint density at radius 2 is 0.510 bits per heavy atom. The Hall–Kier alpha value is -11.8. The van der Waals surface area contributed by atoms with Gasteiger partial charge in [0.2, 0.25) is 0 Å². The van der Waals surface area contributed by atoms with Crippen molar-refractivity contribution in [3.63, 3.8) is 0 Å². The highest BCUT2D eigenvalue weighted by molar-refractivity contribution is 5.94. The lowest BCUT2D eigenvalue weighted by Crippen LogP contribution is -2.67. The fraction of sp³-hybridized carbons (Fsp3) is 0.256. The molecule has 1 unspecified atom stereocenters. The van der Waals surface area contributed by atoms with Crippen LogP contribution in [0.5, 0.6) is 0 Å². The molecular weight excluding hydrogens is 1350 g/mol. The van der Waals surface area contributed by atoms with Crippen molar-refractivity contribution in [3.8, 4) is 0 Å². The summed E-state index contributed by atoms with van der Waals surface area (Å²) < 4.78 is 93.6. The molecule has 11 rings (SSSR count). The lowest BCUT2D eigenvalue weighted by Gasteiger charge is -2.48. The number of ether oxygens (including phenoxy) is 15. The maximum absolute atomic E-state index is 14.7. The molecule has 3 heterocycles. The predicted octanol–water partition coefficient (Wildman–Crippen LogP) is 8.49. The summed E-state index contributed by atoms with van der Waals surface area (Å²) in [5.74, 6) is -10.3. The van der Waals surface area contributed by atoms with Crippen LogP contribution in [0.25, 0.3) is 0 Å². The van der Waals surface area contributed by atoms with Crippen LogP contribution in [-0.2, 0) is 80.6 Å². The molecule has 0 aliphatic carbocycles. The molecular formula is C78H68O26. The quantitative estimate of drug-likeness (QED) is 0.0414. The molecule has 0 bridgehead atoms. The van der Waals surface area contributed by atoms with Crippen molar-refractivity contribution >= 4 is 59.7 Å². The fourth-order valence-electron chi connectivity index (χ4n) is 11.5. The summed E-state index contributed by atoms with van der Waals surface area (Å²) in [5, 5.41) is 12.3. The highest BCUT2D eigenvalue weighted by Crippen LogP contribution is 2.38. The van der Waals surface area contributed by atoms with Crippen LogP contribution in [0.3, 0.4) is 0 Å². The third-order valence-electron chi connectivity index (χ3n) is 16.4. The number of hydrogen-bond donors (Lipinski definition) is 1. The molecule has 3 fully saturated rings. The standard InChI is InChI=1S/C78H68O26/c1-46(79)93-59-56(45-92-77-66(102-74(87)54-39-23-9-24-40-54)63(100-72(85)52-35-19-7-20-36-52)60(98-70(83)50-31-15-5-16-32-50)57(96-77)43-90-68(81)48-27-11-3-12-28-48)95-76(89)65(94-47(2)80)62(59)104-78-67(103-75(88)55-41-25-10-26-42-55)64(101-73(86)53-37-21-8-22-38-53)61(99-71(84)51-33-17-6-18-34-51)58(97-78)44-91-69(82)49-29-13-4-14-30-49/h3-42,56-67,76-78,89H,43-45H2,1-2H3/t56-,57+,58-,59+,60+,61?,62+,63+,64+,65+,66-,67+,76-,77+,78+/m1/s1. The smallest absolute Gasteiger partial charge is 0.338 e. The highest BCUT2D eigenvalue weighted by Gasteiger charge is 2.59. The van der Waals surface area contributed by atoms with E-state index >= 15 is 0 Å². The molecule has 0 amide bonds. The number of aliphatic hydroxyl groups excluding tert-OH is 1. The second-order valence-corrected chi connectivity index (χ2v) is 23.6. The number of aliphatic hydroxyl groups is 1. The normalized spacial score (nSPS) is 24.1. The van der Waals surface area contributed by atoms with E-state index in [4.69, 9.17) is 71.1 Å². The van der Waals surface area contributed by atoms with Gasteiger partial charge in [0.25, 0.3) is 0 Å². The number of esters is 10. The van der Waals surface area contributed by atoms with Crippen molar-refractivity contribution in [2.45, 2.75) is 106 Å². The Bertz CT molecular complexity index is 4230. The van der Waals surface area contributed by atoms with Crippen molar-refractivity contribution in [3.05, 3.63) is 287 Å². The zero-order valence-corrected chi connectivity index (χ0v) is 55.5. The second kappa shape index (κ2) is 35.2. The number of carbonyl (C=O) groups excluding carboxylic acids is 10. The topological polar surface area (TPSA) is 329 Å². The minimum absolute atomic E-state index is 0.00145. The van der Waals surface area contributed by atoms with Crippen molar-refractivity contribution in [1.29, 1.82) is 0 Å². The van der Waals surface area contributed by atoms with E-state index in [2.05, 4.69) is 0 Å². The molecule has 0 radical (unpaired) electrons. The monoisotopic (exact) mass is 1420 g/mol. The van der Waals surface area contributed by atoms with Gasteiger partial charge in [-0.25, -0.2) is 38.4 Å².